The highest BCUT2D eigenvalue weighted by Crippen LogP contribution is 2.37. The molecule has 0 fully saturated rings. The van der Waals surface area contributed by atoms with Gasteiger partial charge in [-0.2, -0.15) is 0 Å². The van der Waals surface area contributed by atoms with Crippen LogP contribution in [0.1, 0.15) is 20.3 Å². The third-order valence-corrected chi connectivity index (χ3v) is 3.24. The van der Waals surface area contributed by atoms with E-state index in [9.17, 15) is 9.59 Å². The van der Waals surface area contributed by atoms with Crippen molar-refractivity contribution in [3.05, 3.63) is 23.0 Å². The average molecular weight is 206 g/mol. The fourth-order valence-corrected chi connectivity index (χ4v) is 2.40. The Morgan fingerprint density at radius 1 is 1.60 bits per heavy atom. The molecule has 0 radical (unpaired) electrons. The van der Waals surface area contributed by atoms with Crippen LogP contribution in [0.25, 0.3) is 0 Å². The lowest BCUT2D eigenvalue weighted by Crippen LogP contribution is -2.29. The van der Waals surface area contributed by atoms with Gasteiger partial charge in [0.15, 0.2) is 0 Å². The summed E-state index contributed by atoms with van der Waals surface area (Å²) >= 11 is 0. The van der Waals surface area contributed by atoms with E-state index in [2.05, 4.69) is 0 Å². The SMILES string of the molecule is CC1=C2COC=C2CC(=O)C1C(C)C=O. The number of carbonyl (C=O) groups excluding carboxylic acids is 2. The number of ether oxygens (including phenoxy) is 1. The first-order chi connectivity index (χ1) is 7.15. The summed E-state index contributed by atoms with van der Waals surface area (Å²) in [6.45, 7) is 4.28. The number of allylic oxidation sites excluding steroid dienone is 1. The smallest absolute Gasteiger partial charge is 0.145 e. The van der Waals surface area contributed by atoms with Crippen LogP contribution in [-0.4, -0.2) is 18.7 Å². The molecule has 15 heavy (non-hydrogen) atoms. The minimum atomic E-state index is -0.239. The van der Waals surface area contributed by atoms with E-state index in [0.29, 0.717) is 13.0 Å². The standard InChI is InChI=1S/C12H14O3/c1-7(4-13)12-8(2)10-6-15-5-9(10)3-11(12)14/h4-5,7,12H,3,6H2,1-2H3. The van der Waals surface area contributed by atoms with Crippen molar-refractivity contribution in [1.29, 1.82) is 0 Å². The maximum absolute atomic E-state index is 11.9. The summed E-state index contributed by atoms with van der Waals surface area (Å²) in [6.07, 6.45) is 2.94. The van der Waals surface area contributed by atoms with E-state index in [1.165, 1.54) is 0 Å². The van der Waals surface area contributed by atoms with Gasteiger partial charge in [-0.05, 0) is 12.5 Å². The highest BCUT2D eigenvalue weighted by atomic mass is 16.5. The fraction of sp³-hybridized carbons (Fsp3) is 0.500. The zero-order valence-electron chi connectivity index (χ0n) is 8.95. The van der Waals surface area contributed by atoms with Crippen LogP contribution in [-0.2, 0) is 14.3 Å². The summed E-state index contributed by atoms with van der Waals surface area (Å²) in [6, 6.07) is 0. The van der Waals surface area contributed by atoms with E-state index >= 15 is 0 Å². The van der Waals surface area contributed by atoms with Crippen LogP contribution in [0.5, 0.6) is 0 Å². The summed E-state index contributed by atoms with van der Waals surface area (Å²) in [5.74, 6) is -0.337. The zero-order chi connectivity index (χ0) is 11.0. The second-order valence-electron chi connectivity index (χ2n) is 4.23. The number of Topliss-reactive ketones (excluding diaryl/α,β-unsaturated/α-hetero) is 1. The Bertz CT molecular complexity index is 376. The van der Waals surface area contributed by atoms with Gasteiger partial charge in [0, 0.05) is 23.8 Å². The molecule has 2 atom stereocenters. The molecule has 80 valence electrons. The van der Waals surface area contributed by atoms with Crippen molar-refractivity contribution in [2.45, 2.75) is 20.3 Å². The first kappa shape index (κ1) is 10.1. The normalized spacial score (nSPS) is 26.9. The number of hydrogen-bond donors (Lipinski definition) is 0. The molecule has 0 aromatic carbocycles. The van der Waals surface area contributed by atoms with Crippen molar-refractivity contribution in [3.63, 3.8) is 0 Å². The molecule has 1 heterocycles. The first-order valence-corrected chi connectivity index (χ1v) is 5.13. The lowest BCUT2D eigenvalue weighted by Gasteiger charge is -2.26. The van der Waals surface area contributed by atoms with Crippen LogP contribution < -0.4 is 0 Å². The summed E-state index contributed by atoms with van der Waals surface area (Å²) in [5, 5.41) is 0. The highest BCUT2D eigenvalue weighted by molar-refractivity contribution is 5.91. The number of aldehydes is 1. The van der Waals surface area contributed by atoms with E-state index in [-0.39, 0.29) is 17.6 Å². The number of carbonyl (C=O) groups is 2. The van der Waals surface area contributed by atoms with Gasteiger partial charge in [0.2, 0.25) is 0 Å². The van der Waals surface area contributed by atoms with Crippen molar-refractivity contribution in [1.82, 2.24) is 0 Å². The molecular weight excluding hydrogens is 192 g/mol. The third kappa shape index (κ3) is 1.52. The van der Waals surface area contributed by atoms with Crippen LogP contribution >= 0.6 is 0 Å². The lowest BCUT2D eigenvalue weighted by atomic mass is 9.75. The molecule has 0 saturated heterocycles. The molecule has 0 bridgehead atoms. The summed E-state index contributed by atoms with van der Waals surface area (Å²) in [7, 11) is 0. The topological polar surface area (TPSA) is 43.4 Å². The van der Waals surface area contributed by atoms with Crippen molar-refractivity contribution < 1.29 is 14.3 Å². The van der Waals surface area contributed by atoms with Crippen molar-refractivity contribution in [2.75, 3.05) is 6.61 Å². The zero-order valence-corrected chi connectivity index (χ0v) is 8.95. The molecule has 2 unspecified atom stereocenters. The quantitative estimate of drug-likeness (QED) is 0.645. The van der Waals surface area contributed by atoms with Crippen molar-refractivity contribution >= 4 is 12.1 Å². The van der Waals surface area contributed by atoms with E-state index in [4.69, 9.17) is 4.74 Å². The Morgan fingerprint density at radius 2 is 2.33 bits per heavy atom. The highest BCUT2D eigenvalue weighted by Gasteiger charge is 2.35. The Balaban J connectivity index is 2.41. The summed E-state index contributed by atoms with van der Waals surface area (Å²) < 4.78 is 5.21. The molecule has 1 aliphatic carbocycles. The molecule has 3 nitrogen and oxygen atoms in total. The Kier molecular flexibility index (Phi) is 2.47. The molecule has 0 spiro atoms. The van der Waals surface area contributed by atoms with Crippen LogP contribution in [0.4, 0.5) is 0 Å². The molecule has 0 amide bonds. The van der Waals surface area contributed by atoms with Crippen LogP contribution in [0.15, 0.2) is 23.0 Å². The number of hydrogen-bond acceptors (Lipinski definition) is 3. The predicted octanol–water partition coefficient (Wildman–Crippen LogP) is 1.64. The molecular formula is C12H14O3. The first-order valence-electron chi connectivity index (χ1n) is 5.13. The molecule has 1 aliphatic heterocycles. The van der Waals surface area contributed by atoms with E-state index in [1.54, 1.807) is 13.2 Å². The average Bonchev–Trinajstić information content (AvgIpc) is 2.65. The predicted molar refractivity (Wildman–Crippen MR) is 55.1 cm³/mol. The van der Waals surface area contributed by atoms with Crippen molar-refractivity contribution in [2.24, 2.45) is 11.8 Å². The van der Waals surface area contributed by atoms with Gasteiger partial charge in [0.05, 0.1) is 6.26 Å². The maximum atomic E-state index is 11.9. The third-order valence-electron chi connectivity index (χ3n) is 3.24. The minimum Gasteiger partial charge on any atom is -0.496 e. The van der Waals surface area contributed by atoms with Crippen molar-refractivity contribution in [3.8, 4) is 0 Å². The summed E-state index contributed by atoms with van der Waals surface area (Å²) in [4.78, 5) is 22.6. The Labute approximate surface area is 88.8 Å². The van der Waals surface area contributed by atoms with Gasteiger partial charge < -0.3 is 9.53 Å². The van der Waals surface area contributed by atoms with Gasteiger partial charge in [0.1, 0.15) is 18.7 Å². The number of ketones is 1. The van der Waals surface area contributed by atoms with Gasteiger partial charge in [-0.15, -0.1) is 0 Å². The number of fused-ring (bicyclic) bond motifs is 1. The largest absolute Gasteiger partial charge is 0.496 e. The van der Waals surface area contributed by atoms with Gasteiger partial charge in [0.25, 0.3) is 0 Å². The Morgan fingerprint density at radius 3 is 3.00 bits per heavy atom. The second kappa shape index (κ2) is 3.65. The second-order valence-corrected chi connectivity index (χ2v) is 4.23. The number of rotatable bonds is 2. The summed E-state index contributed by atoms with van der Waals surface area (Å²) in [5.41, 5.74) is 3.12. The van der Waals surface area contributed by atoms with Crippen LogP contribution in [0, 0.1) is 11.8 Å². The van der Waals surface area contributed by atoms with Gasteiger partial charge in [-0.3, -0.25) is 4.79 Å². The van der Waals surface area contributed by atoms with Crippen LogP contribution in [0.2, 0.25) is 0 Å². The van der Waals surface area contributed by atoms with Crippen LogP contribution in [0.3, 0.4) is 0 Å². The van der Waals surface area contributed by atoms with Gasteiger partial charge >= 0.3 is 0 Å². The molecule has 0 N–H and O–H groups in total. The monoisotopic (exact) mass is 206 g/mol. The van der Waals surface area contributed by atoms with Gasteiger partial charge in [-0.1, -0.05) is 12.5 Å². The lowest BCUT2D eigenvalue weighted by molar-refractivity contribution is -0.125. The van der Waals surface area contributed by atoms with E-state index in [1.807, 2.05) is 6.92 Å². The minimum absolute atomic E-state index is 0.132. The molecule has 0 saturated carbocycles. The maximum Gasteiger partial charge on any atom is 0.145 e. The molecule has 3 heteroatoms. The molecule has 2 aliphatic rings. The van der Waals surface area contributed by atoms with Gasteiger partial charge in [-0.25, -0.2) is 0 Å². The fourth-order valence-electron chi connectivity index (χ4n) is 2.40. The molecule has 0 aromatic heterocycles. The van der Waals surface area contributed by atoms with E-state index in [0.717, 1.165) is 23.0 Å². The van der Waals surface area contributed by atoms with E-state index < -0.39 is 0 Å². The molecule has 2 rings (SSSR count). The molecule has 0 aromatic rings. The Hall–Kier alpha value is -1.38.